The van der Waals surface area contributed by atoms with Gasteiger partial charge < -0.3 is 9.77 Å². The van der Waals surface area contributed by atoms with E-state index in [1.54, 1.807) is 24.7 Å². The molecule has 4 nitrogen and oxygen atoms in total. The lowest BCUT2D eigenvalue weighted by atomic mass is 10.1. The van der Waals surface area contributed by atoms with Gasteiger partial charge in [0.2, 0.25) is 5.71 Å². The van der Waals surface area contributed by atoms with Crippen LogP contribution in [0, 0.1) is 11.0 Å². The Labute approximate surface area is 133 Å². The monoisotopic (exact) mass is 309 g/mol. The molecule has 1 aromatic heterocycles. The van der Waals surface area contributed by atoms with E-state index in [9.17, 15) is 9.60 Å². The molecule has 1 heterocycles. The smallest absolute Gasteiger partial charge is 0.214 e. The molecule has 0 N–H and O–H groups in total. The maximum absolute atomic E-state index is 13.0. The molecule has 23 heavy (non-hydrogen) atoms. The van der Waals surface area contributed by atoms with Gasteiger partial charge in [0.15, 0.2) is 6.54 Å². The lowest BCUT2D eigenvalue weighted by molar-refractivity contribution is -0.475. The third-order valence-electron chi connectivity index (χ3n) is 3.54. The summed E-state index contributed by atoms with van der Waals surface area (Å²) in [6.07, 6.45) is 5.17. The SMILES string of the molecule is [O-][N+](Cc1ccc(F)cc1)=C(Cn1ccnc1)c1ccccc1. The molecule has 0 aliphatic rings. The molecule has 3 aromatic rings. The molecule has 0 amide bonds. The van der Waals surface area contributed by atoms with E-state index < -0.39 is 0 Å². The predicted octanol–water partition coefficient (Wildman–Crippen LogP) is 3.22. The molecule has 0 radical (unpaired) electrons. The first-order chi connectivity index (χ1) is 11.2. The Bertz CT molecular complexity index is 781. The Kier molecular flexibility index (Phi) is 4.47. The summed E-state index contributed by atoms with van der Waals surface area (Å²) in [4.78, 5) is 4.01. The van der Waals surface area contributed by atoms with E-state index >= 15 is 0 Å². The number of hydrogen-bond acceptors (Lipinski definition) is 2. The Balaban J connectivity index is 1.93. The molecule has 0 bridgehead atoms. The zero-order valence-corrected chi connectivity index (χ0v) is 12.5. The number of aromatic nitrogens is 2. The van der Waals surface area contributed by atoms with Gasteiger partial charge in [0.1, 0.15) is 12.4 Å². The number of imidazole rings is 1. The van der Waals surface area contributed by atoms with Gasteiger partial charge >= 0.3 is 0 Å². The average molecular weight is 309 g/mol. The predicted molar refractivity (Wildman–Crippen MR) is 86.5 cm³/mol. The third-order valence-corrected chi connectivity index (χ3v) is 3.54. The molecular formula is C18H16FN3O. The Morgan fingerprint density at radius 3 is 2.48 bits per heavy atom. The third kappa shape index (κ3) is 3.83. The van der Waals surface area contributed by atoms with Crippen LogP contribution in [-0.4, -0.2) is 20.0 Å². The summed E-state index contributed by atoms with van der Waals surface area (Å²) in [5.74, 6) is -0.308. The molecule has 0 saturated carbocycles. The van der Waals surface area contributed by atoms with Gasteiger partial charge in [-0.15, -0.1) is 0 Å². The van der Waals surface area contributed by atoms with Crippen molar-refractivity contribution in [3.63, 3.8) is 0 Å². The molecule has 0 saturated heterocycles. The number of hydrogen-bond donors (Lipinski definition) is 0. The van der Waals surface area contributed by atoms with Gasteiger partial charge in [0.25, 0.3) is 0 Å². The molecule has 0 unspecified atom stereocenters. The number of hydroxylamine groups is 1. The van der Waals surface area contributed by atoms with E-state index in [2.05, 4.69) is 4.98 Å². The van der Waals surface area contributed by atoms with E-state index in [4.69, 9.17) is 0 Å². The molecule has 0 spiro atoms. The van der Waals surface area contributed by atoms with Crippen molar-refractivity contribution in [1.82, 2.24) is 9.55 Å². The van der Waals surface area contributed by atoms with Crippen LogP contribution in [0.2, 0.25) is 0 Å². The van der Waals surface area contributed by atoms with Crippen LogP contribution >= 0.6 is 0 Å². The summed E-state index contributed by atoms with van der Waals surface area (Å²) >= 11 is 0. The normalized spacial score (nSPS) is 12.0. The van der Waals surface area contributed by atoms with Crippen molar-refractivity contribution in [3.8, 4) is 0 Å². The van der Waals surface area contributed by atoms with Gasteiger partial charge in [-0.1, -0.05) is 18.2 Å². The Morgan fingerprint density at radius 1 is 1.09 bits per heavy atom. The standard InChI is InChI=1S/C18H16FN3O/c19-17-8-6-15(7-9-17)12-22(23)18(13-21-11-10-20-14-21)16-4-2-1-3-5-16/h1-11,14H,12-13H2. The molecule has 0 aliphatic carbocycles. The molecule has 0 aliphatic heterocycles. The van der Waals surface area contributed by atoms with Gasteiger partial charge in [-0.05, 0) is 36.4 Å². The first-order valence-corrected chi connectivity index (χ1v) is 7.28. The lowest BCUT2D eigenvalue weighted by Crippen LogP contribution is -2.22. The van der Waals surface area contributed by atoms with Crippen molar-refractivity contribution in [2.24, 2.45) is 0 Å². The Hall–Kier alpha value is -2.95. The minimum absolute atomic E-state index is 0.166. The topological polar surface area (TPSA) is 43.9 Å². The summed E-state index contributed by atoms with van der Waals surface area (Å²) in [6.45, 7) is 0.591. The molecule has 3 rings (SSSR count). The first kappa shape index (κ1) is 15.0. The van der Waals surface area contributed by atoms with Crippen molar-refractivity contribution < 1.29 is 9.13 Å². The van der Waals surface area contributed by atoms with E-state index in [1.165, 1.54) is 12.1 Å². The second kappa shape index (κ2) is 6.87. The number of nitrogens with zero attached hydrogens (tertiary/aromatic N) is 3. The van der Waals surface area contributed by atoms with Gasteiger partial charge in [-0.25, -0.2) is 14.1 Å². The molecule has 116 valence electrons. The van der Waals surface area contributed by atoms with Crippen molar-refractivity contribution in [2.45, 2.75) is 13.1 Å². The van der Waals surface area contributed by atoms with E-state index in [0.717, 1.165) is 15.9 Å². The van der Waals surface area contributed by atoms with Gasteiger partial charge in [-0.3, -0.25) is 0 Å². The Morgan fingerprint density at radius 2 is 1.83 bits per heavy atom. The van der Waals surface area contributed by atoms with E-state index in [0.29, 0.717) is 12.3 Å². The molecule has 2 aromatic carbocycles. The molecule has 0 fully saturated rings. The van der Waals surface area contributed by atoms with Crippen LogP contribution in [0.15, 0.2) is 73.3 Å². The van der Waals surface area contributed by atoms with Gasteiger partial charge in [-0.2, -0.15) is 0 Å². The van der Waals surface area contributed by atoms with Crippen LogP contribution in [0.4, 0.5) is 4.39 Å². The molecule has 5 heteroatoms. The van der Waals surface area contributed by atoms with Crippen LogP contribution in [0.1, 0.15) is 11.1 Å². The molecule has 0 atom stereocenters. The average Bonchev–Trinajstić information content (AvgIpc) is 3.09. The van der Waals surface area contributed by atoms with E-state index in [-0.39, 0.29) is 12.4 Å². The minimum Gasteiger partial charge on any atom is -0.623 e. The highest BCUT2D eigenvalue weighted by Gasteiger charge is 2.14. The second-order valence-electron chi connectivity index (χ2n) is 5.21. The van der Waals surface area contributed by atoms with Crippen molar-refractivity contribution in [1.29, 1.82) is 0 Å². The van der Waals surface area contributed by atoms with E-state index in [1.807, 2.05) is 41.1 Å². The molecular weight excluding hydrogens is 293 g/mol. The summed E-state index contributed by atoms with van der Waals surface area (Å²) in [7, 11) is 0. The van der Waals surface area contributed by atoms with Crippen molar-refractivity contribution >= 4 is 5.71 Å². The van der Waals surface area contributed by atoms with Crippen LogP contribution < -0.4 is 0 Å². The number of rotatable bonds is 5. The highest BCUT2D eigenvalue weighted by atomic mass is 19.1. The largest absolute Gasteiger partial charge is 0.623 e. The summed E-state index contributed by atoms with van der Waals surface area (Å²) in [6, 6.07) is 15.5. The zero-order valence-electron chi connectivity index (χ0n) is 12.5. The number of halogens is 1. The summed E-state index contributed by atoms with van der Waals surface area (Å²) in [5.41, 5.74) is 2.26. The van der Waals surface area contributed by atoms with Gasteiger partial charge in [0.05, 0.1) is 6.33 Å². The highest BCUT2D eigenvalue weighted by Crippen LogP contribution is 2.08. The second-order valence-corrected chi connectivity index (χ2v) is 5.21. The maximum Gasteiger partial charge on any atom is 0.214 e. The zero-order chi connectivity index (χ0) is 16.1. The first-order valence-electron chi connectivity index (χ1n) is 7.28. The lowest BCUT2D eigenvalue weighted by Gasteiger charge is -2.12. The van der Waals surface area contributed by atoms with Crippen LogP contribution in [0.25, 0.3) is 0 Å². The van der Waals surface area contributed by atoms with Crippen LogP contribution in [0.5, 0.6) is 0 Å². The van der Waals surface area contributed by atoms with Crippen LogP contribution in [-0.2, 0) is 13.1 Å². The maximum atomic E-state index is 13.0. The quantitative estimate of drug-likeness (QED) is 0.314. The fourth-order valence-electron chi connectivity index (χ4n) is 2.35. The highest BCUT2D eigenvalue weighted by molar-refractivity contribution is 5.96. The fourth-order valence-corrected chi connectivity index (χ4v) is 2.35. The van der Waals surface area contributed by atoms with Gasteiger partial charge in [0, 0.05) is 23.5 Å². The fraction of sp³-hybridized carbons (Fsp3) is 0.111. The summed E-state index contributed by atoms with van der Waals surface area (Å²) < 4.78 is 15.8. The van der Waals surface area contributed by atoms with Crippen molar-refractivity contribution in [2.75, 3.05) is 0 Å². The van der Waals surface area contributed by atoms with Crippen LogP contribution in [0.3, 0.4) is 0 Å². The van der Waals surface area contributed by atoms with Crippen molar-refractivity contribution in [3.05, 3.63) is 95.5 Å². The number of benzene rings is 2. The minimum atomic E-state index is -0.308. The summed E-state index contributed by atoms with van der Waals surface area (Å²) in [5, 5.41) is 12.7.